The molecule has 1 aromatic carbocycles. The van der Waals surface area contributed by atoms with Crippen LogP contribution in [0.2, 0.25) is 0 Å². The van der Waals surface area contributed by atoms with Crippen molar-refractivity contribution >= 4 is 12.4 Å². The second kappa shape index (κ2) is 3.09. The number of ether oxygens (including phenoxy) is 2. The summed E-state index contributed by atoms with van der Waals surface area (Å²) in [7, 11) is 0. The molecule has 0 saturated heterocycles. The van der Waals surface area contributed by atoms with Gasteiger partial charge in [0.05, 0.1) is 0 Å². The Morgan fingerprint density at radius 1 is 1.15 bits per heavy atom. The van der Waals surface area contributed by atoms with E-state index in [4.69, 9.17) is 9.47 Å². The summed E-state index contributed by atoms with van der Waals surface area (Å²) < 4.78 is 10.7. The van der Waals surface area contributed by atoms with Gasteiger partial charge in [0, 0.05) is 18.7 Å². The fourth-order valence-electron chi connectivity index (χ4n) is 1.75. The second-order valence-electron chi connectivity index (χ2n) is 3.04. The van der Waals surface area contributed by atoms with Crippen molar-refractivity contribution in [1.82, 2.24) is 5.32 Å². The van der Waals surface area contributed by atoms with Crippen LogP contribution in [0.15, 0.2) is 12.1 Å². The van der Waals surface area contributed by atoms with Gasteiger partial charge in [-0.2, -0.15) is 0 Å². The van der Waals surface area contributed by atoms with Crippen LogP contribution in [0.1, 0.15) is 11.1 Å². The predicted octanol–water partition coefficient (Wildman–Crippen LogP) is 1.44. The summed E-state index contributed by atoms with van der Waals surface area (Å²) in [4.78, 5) is 0. The van der Waals surface area contributed by atoms with Crippen molar-refractivity contribution in [3.8, 4) is 11.5 Å². The molecule has 1 aromatic rings. The Morgan fingerprint density at radius 3 is 3.00 bits per heavy atom. The van der Waals surface area contributed by atoms with Gasteiger partial charge >= 0.3 is 0 Å². The lowest BCUT2D eigenvalue weighted by atomic mass is 10.1. The van der Waals surface area contributed by atoms with Gasteiger partial charge in [0.25, 0.3) is 0 Å². The van der Waals surface area contributed by atoms with E-state index in [1.54, 1.807) is 0 Å². The highest BCUT2D eigenvalue weighted by atomic mass is 35.5. The van der Waals surface area contributed by atoms with Crippen LogP contribution in [0.25, 0.3) is 0 Å². The first kappa shape index (κ1) is 8.66. The number of hydrogen-bond acceptors (Lipinski definition) is 3. The van der Waals surface area contributed by atoms with Gasteiger partial charge in [-0.3, -0.25) is 0 Å². The molecule has 0 fully saturated rings. The van der Waals surface area contributed by atoms with Gasteiger partial charge in [-0.15, -0.1) is 12.4 Å². The van der Waals surface area contributed by atoms with Crippen molar-refractivity contribution < 1.29 is 9.47 Å². The van der Waals surface area contributed by atoms with Gasteiger partial charge in [0.15, 0.2) is 11.5 Å². The molecule has 0 amide bonds. The first-order valence-corrected chi connectivity index (χ1v) is 4.06. The van der Waals surface area contributed by atoms with Crippen LogP contribution in [-0.2, 0) is 13.1 Å². The minimum atomic E-state index is 0. The van der Waals surface area contributed by atoms with Crippen molar-refractivity contribution in [2.24, 2.45) is 0 Å². The lowest BCUT2D eigenvalue weighted by molar-refractivity contribution is 0.173. The fourth-order valence-corrected chi connectivity index (χ4v) is 1.75. The van der Waals surface area contributed by atoms with Gasteiger partial charge in [-0.1, -0.05) is 6.07 Å². The van der Waals surface area contributed by atoms with Crippen molar-refractivity contribution in [3.63, 3.8) is 0 Å². The lowest BCUT2D eigenvalue weighted by Gasteiger charge is -2.01. The van der Waals surface area contributed by atoms with Crippen LogP contribution in [0.3, 0.4) is 0 Å². The van der Waals surface area contributed by atoms with Gasteiger partial charge in [-0.25, -0.2) is 0 Å². The van der Waals surface area contributed by atoms with Gasteiger partial charge in [-0.05, 0) is 11.6 Å². The van der Waals surface area contributed by atoms with Crippen LogP contribution < -0.4 is 14.8 Å². The fraction of sp³-hybridized carbons (Fsp3) is 0.333. The standard InChI is InChI=1S/C9H9NO2.ClH/c1-2-8-9(12-5-11-8)7-4-10-3-6(1)7;/h1-2,10H,3-5H2;1H. The molecular weight excluding hydrogens is 190 g/mol. The minimum absolute atomic E-state index is 0. The average Bonchev–Trinajstić information content (AvgIpc) is 2.71. The maximum absolute atomic E-state index is 5.38. The lowest BCUT2D eigenvalue weighted by Crippen LogP contribution is -2.00. The molecule has 1 N–H and O–H groups in total. The predicted molar refractivity (Wildman–Crippen MR) is 50.4 cm³/mol. The molecule has 4 heteroatoms. The summed E-state index contributed by atoms with van der Waals surface area (Å²) in [5, 5.41) is 3.28. The molecular formula is C9H10ClNO2. The molecule has 0 atom stereocenters. The smallest absolute Gasteiger partial charge is 0.231 e. The normalized spacial score (nSPS) is 16.6. The first-order chi connectivity index (χ1) is 5.95. The maximum Gasteiger partial charge on any atom is 0.231 e. The van der Waals surface area contributed by atoms with E-state index < -0.39 is 0 Å². The number of halogens is 1. The van der Waals surface area contributed by atoms with Crippen LogP contribution in [0, 0.1) is 0 Å². The van der Waals surface area contributed by atoms with E-state index in [0.29, 0.717) is 6.79 Å². The van der Waals surface area contributed by atoms with Gasteiger partial charge in [0.1, 0.15) is 0 Å². The Morgan fingerprint density at radius 2 is 2.08 bits per heavy atom. The zero-order valence-electron chi connectivity index (χ0n) is 7.00. The quantitative estimate of drug-likeness (QED) is 0.686. The third kappa shape index (κ3) is 1.16. The topological polar surface area (TPSA) is 30.5 Å². The molecule has 3 nitrogen and oxygen atoms in total. The summed E-state index contributed by atoms with van der Waals surface area (Å²) in [5.41, 5.74) is 2.60. The Balaban J connectivity index is 0.000000653. The van der Waals surface area contributed by atoms with E-state index >= 15 is 0 Å². The van der Waals surface area contributed by atoms with Gasteiger partial charge < -0.3 is 14.8 Å². The zero-order chi connectivity index (χ0) is 7.97. The average molecular weight is 200 g/mol. The summed E-state index contributed by atoms with van der Waals surface area (Å²) >= 11 is 0. The monoisotopic (exact) mass is 199 g/mol. The molecule has 0 aliphatic carbocycles. The number of hydrogen-bond donors (Lipinski definition) is 1. The number of benzene rings is 1. The van der Waals surface area contributed by atoms with Crippen molar-refractivity contribution in [2.75, 3.05) is 6.79 Å². The number of rotatable bonds is 0. The van der Waals surface area contributed by atoms with E-state index in [1.165, 1.54) is 11.1 Å². The molecule has 2 aliphatic rings. The van der Waals surface area contributed by atoms with Crippen molar-refractivity contribution in [1.29, 1.82) is 0 Å². The summed E-state index contributed by atoms with van der Waals surface area (Å²) in [6.45, 7) is 2.22. The number of nitrogens with one attached hydrogen (secondary N) is 1. The molecule has 0 unspecified atom stereocenters. The zero-order valence-corrected chi connectivity index (χ0v) is 7.82. The Labute approximate surface area is 82.4 Å². The number of fused-ring (bicyclic) bond motifs is 3. The van der Waals surface area contributed by atoms with Crippen LogP contribution in [0.5, 0.6) is 11.5 Å². The Kier molecular flexibility index (Phi) is 2.06. The van der Waals surface area contributed by atoms with E-state index in [1.807, 2.05) is 6.07 Å². The molecule has 3 rings (SSSR count). The highest BCUT2D eigenvalue weighted by molar-refractivity contribution is 5.85. The molecule has 0 radical (unpaired) electrons. The van der Waals surface area contributed by atoms with E-state index in [-0.39, 0.29) is 12.4 Å². The van der Waals surface area contributed by atoms with Crippen molar-refractivity contribution in [3.05, 3.63) is 23.3 Å². The molecule has 2 heterocycles. The Bertz CT molecular complexity index is 308. The van der Waals surface area contributed by atoms with Gasteiger partial charge in [0.2, 0.25) is 6.79 Å². The third-order valence-corrected chi connectivity index (χ3v) is 2.36. The molecule has 0 saturated carbocycles. The molecule has 0 bridgehead atoms. The summed E-state index contributed by atoms with van der Waals surface area (Å²) in [5.74, 6) is 1.83. The Hall–Kier alpha value is -0.930. The highest BCUT2D eigenvalue weighted by Gasteiger charge is 2.22. The third-order valence-electron chi connectivity index (χ3n) is 2.36. The van der Waals surface area contributed by atoms with E-state index in [9.17, 15) is 0 Å². The van der Waals surface area contributed by atoms with Crippen LogP contribution >= 0.6 is 12.4 Å². The summed E-state index contributed by atoms with van der Waals surface area (Å²) in [6, 6.07) is 4.08. The van der Waals surface area contributed by atoms with Crippen LogP contribution in [-0.4, -0.2) is 6.79 Å². The van der Waals surface area contributed by atoms with Crippen molar-refractivity contribution in [2.45, 2.75) is 13.1 Å². The SMILES string of the molecule is Cl.c1cc2c(c3c1CNC3)OCO2. The van der Waals surface area contributed by atoms with E-state index in [2.05, 4.69) is 11.4 Å². The van der Waals surface area contributed by atoms with E-state index in [0.717, 1.165) is 24.6 Å². The molecule has 2 aliphatic heterocycles. The van der Waals surface area contributed by atoms with Crippen LogP contribution in [0.4, 0.5) is 0 Å². The largest absolute Gasteiger partial charge is 0.454 e. The second-order valence-corrected chi connectivity index (χ2v) is 3.04. The molecule has 0 aromatic heterocycles. The first-order valence-electron chi connectivity index (χ1n) is 4.06. The highest BCUT2D eigenvalue weighted by Crippen LogP contribution is 2.38. The minimum Gasteiger partial charge on any atom is -0.454 e. The maximum atomic E-state index is 5.38. The molecule has 0 spiro atoms. The molecule has 13 heavy (non-hydrogen) atoms. The summed E-state index contributed by atoms with van der Waals surface area (Å²) in [6.07, 6.45) is 0. The molecule has 70 valence electrons.